The minimum Gasteiger partial charge on any atom is -0.324 e. The number of nitrogens with zero attached hydrogens (tertiary/aromatic N) is 3. The number of nitrogens with one attached hydrogen (secondary N) is 1. The van der Waals surface area contributed by atoms with Crippen molar-refractivity contribution >= 4 is 34.2 Å². The van der Waals surface area contributed by atoms with Gasteiger partial charge in [0.05, 0.1) is 11.2 Å². The van der Waals surface area contributed by atoms with E-state index in [1.165, 1.54) is 0 Å². The lowest BCUT2D eigenvalue weighted by Gasteiger charge is -2.18. The van der Waals surface area contributed by atoms with Gasteiger partial charge in [0.15, 0.2) is 0 Å². The molecular formula is C21H20N4O2. The van der Waals surface area contributed by atoms with Crippen LogP contribution in [0.3, 0.4) is 0 Å². The van der Waals surface area contributed by atoms with Gasteiger partial charge in [-0.3, -0.25) is 14.7 Å². The van der Waals surface area contributed by atoms with Crippen LogP contribution in [-0.4, -0.2) is 41.5 Å². The molecule has 4 rings (SSSR count). The highest BCUT2D eigenvalue weighted by Gasteiger charge is 2.30. The highest BCUT2D eigenvalue weighted by molar-refractivity contribution is 6.03. The van der Waals surface area contributed by atoms with E-state index >= 15 is 0 Å². The summed E-state index contributed by atoms with van der Waals surface area (Å²) in [6, 6.07) is 18.8. The van der Waals surface area contributed by atoms with Crippen LogP contribution < -0.4 is 10.2 Å². The van der Waals surface area contributed by atoms with Gasteiger partial charge in [0.1, 0.15) is 6.54 Å². The molecule has 0 radical (unpaired) electrons. The number of fused-ring (bicyclic) bond motifs is 1. The number of hydrogen-bond donors (Lipinski definition) is 1. The van der Waals surface area contributed by atoms with Crippen molar-refractivity contribution in [3.63, 3.8) is 0 Å². The maximum Gasteiger partial charge on any atom is 0.325 e. The van der Waals surface area contributed by atoms with Crippen molar-refractivity contribution < 1.29 is 9.59 Å². The van der Waals surface area contributed by atoms with Crippen LogP contribution in [0.1, 0.15) is 5.69 Å². The number of pyridine rings is 1. The second-order valence-corrected chi connectivity index (χ2v) is 6.56. The third-order valence-electron chi connectivity index (χ3n) is 4.64. The Morgan fingerprint density at radius 1 is 1.04 bits per heavy atom. The van der Waals surface area contributed by atoms with Gasteiger partial charge in [-0.25, -0.2) is 4.79 Å². The lowest BCUT2D eigenvalue weighted by molar-refractivity contribution is -0.116. The first kappa shape index (κ1) is 17.0. The summed E-state index contributed by atoms with van der Waals surface area (Å²) in [6.45, 7) is 3.06. The maximum atomic E-state index is 12.6. The molecule has 6 heteroatoms. The quantitative estimate of drug-likeness (QED) is 0.775. The van der Waals surface area contributed by atoms with Crippen LogP contribution in [0.5, 0.6) is 0 Å². The van der Waals surface area contributed by atoms with E-state index in [4.69, 9.17) is 0 Å². The first-order chi connectivity index (χ1) is 13.1. The minimum atomic E-state index is -0.216. The number of amides is 3. The molecule has 3 aromatic rings. The number of carbonyl (C=O) groups excluding carboxylic acids is 2. The molecule has 2 aromatic carbocycles. The predicted molar refractivity (Wildman–Crippen MR) is 106 cm³/mol. The summed E-state index contributed by atoms with van der Waals surface area (Å²) in [5.74, 6) is -0.216. The highest BCUT2D eigenvalue weighted by Crippen LogP contribution is 2.23. The van der Waals surface area contributed by atoms with E-state index in [-0.39, 0.29) is 18.5 Å². The first-order valence-electron chi connectivity index (χ1n) is 8.89. The van der Waals surface area contributed by atoms with Crippen molar-refractivity contribution in [2.75, 3.05) is 29.9 Å². The highest BCUT2D eigenvalue weighted by atomic mass is 16.2. The Morgan fingerprint density at radius 2 is 1.85 bits per heavy atom. The second kappa shape index (κ2) is 7.07. The number of aryl methyl sites for hydroxylation is 1. The predicted octanol–water partition coefficient (Wildman–Crippen LogP) is 3.42. The molecule has 0 aliphatic carbocycles. The number of carbonyl (C=O) groups is 2. The van der Waals surface area contributed by atoms with Gasteiger partial charge in [-0.1, -0.05) is 24.3 Å². The Hall–Kier alpha value is -3.41. The number of rotatable bonds is 4. The van der Waals surface area contributed by atoms with E-state index in [1.807, 2.05) is 67.6 Å². The first-order valence-corrected chi connectivity index (χ1v) is 8.89. The molecule has 0 spiro atoms. The minimum absolute atomic E-state index is 0.0256. The summed E-state index contributed by atoms with van der Waals surface area (Å²) in [7, 11) is 0. The Balaban J connectivity index is 1.45. The molecule has 2 heterocycles. The van der Waals surface area contributed by atoms with Gasteiger partial charge in [0, 0.05) is 29.9 Å². The van der Waals surface area contributed by atoms with Crippen molar-refractivity contribution in [2.24, 2.45) is 0 Å². The van der Waals surface area contributed by atoms with Crippen molar-refractivity contribution in [3.8, 4) is 0 Å². The molecule has 0 atom stereocenters. The molecule has 1 aliphatic rings. The fraction of sp³-hybridized carbons (Fsp3) is 0.190. The Morgan fingerprint density at radius 3 is 2.67 bits per heavy atom. The molecule has 136 valence electrons. The standard InChI is InChI=1S/C21H20N4O2/c1-15-10-11-17-18(22-15)8-5-9-19(17)23-20(26)14-24-12-13-25(21(24)27)16-6-3-2-4-7-16/h2-11H,12-14H2,1H3,(H,23,26). The van der Waals surface area contributed by atoms with Crippen LogP contribution >= 0.6 is 0 Å². The average molecular weight is 360 g/mol. The number of hydrogen-bond acceptors (Lipinski definition) is 3. The summed E-state index contributed by atoms with van der Waals surface area (Å²) < 4.78 is 0. The second-order valence-electron chi connectivity index (χ2n) is 6.56. The van der Waals surface area contributed by atoms with Gasteiger partial charge >= 0.3 is 6.03 Å². The van der Waals surface area contributed by atoms with Gasteiger partial charge in [0.25, 0.3) is 0 Å². The summed E-state index contributed by atoms with van der Waals surface area (Å²) in [4.78, 5) is 32.9. The lowest BCUT2D eigenvalue weighted by Crippen LogP contribution is -2.37. The van der Waals surface area contributed by atoms with E-state index in [0.29, 0.717) is 18.8 Å². The van der Waals surface area contributed by atoms with Crippen LogP contribution in [-0.2, 0) is 4.79 Å². The molecule has 1 saturated heterocycles. The number of aromatic nitrogens is 1. The van der Waals surface area contributed by atoms with Crippen LogP contribution in [0.15, 0.2) is 60.7 Å². The van der Waals surface area contributed by atoms with Crippen molar-refractivity contribution in [3.05, 3.63) is 66.4 Å². The third kappa shape index (κ3) is 3.46. The molecule has 1 fully saturated rings. The summed E-state index contributed by atoms with van der Waals surface area (Å²) in [5.41, 5.74) is 3.31. The van der Waals surface area contributed by atoms with Crippen molar-refractivity contribution in [1.82, 2.24) is 9.88 Å². The SMILES string of the molecule is Cc1ccc2c(NC(=O)CN3CCN(c4ccccc4)C3=O)cccc2n1. The van der Waals surface area contributed by atoms with Crippen molar-refractivity contribution in [2.45, 2.75) is 6.92 Å². The van der Waals surface area contributed by atoms with Gasteiger partial charge in [-0.2, -0.15) is 0 Å². The zero-order valence-electron chi connectivity index (χ0n) is 15.1. The zero-order valence-corrected chi connectivity index (χ0v) is 15.1. The Labute approximate surface area is 157 Å². The molecule has 1 aliphatic heterocycles. The van der Waals surface area contributed by atoms with Crippen LogP contribution in [0.4, 0.5) is 16.2 Å². The molecular weight excluding hydrogens is 340 g/mol. The van der Waals surface area contributed by atoms with Crippen LogP contribution in [0.2, 0.25) is 0 Å². The van der Waals surface area contributed by atoms with Crippen LogP contribution in [0.25, 0.3) is 10.9 Å². The summed E-state index contributed by atoms with van der Waals surface area (Å²) in [6.07, 6.45) is 0. The molecule has 1 N–H and O–H groups in total. The largest absolute Gasteiger partial charge is 0.325 e. The molecule has 3 amide bonds. The molecule has 0 bridgehead atoms. The normalized spacial score (nSPS) is 14.0. The smallest absolute Gasteiger partial charge is 0.324 e. The lowest BCUT2D eigenvalue weighted by atomic mass is 10.1. The number of para-hydroxylation sites is 1. The summed E-state index contributed by atoms with van der Waals surface area (Å²) >= 11 is 0. The topological polar surface area (TPSA) is 65.5 Å². The van der Waals surface area contributed by atoms with E-state index in [2.05, 4.69) is 10.3 Å². The molecule has 1 aromatic heterocycles. The molecule has 6 nitrogen and oxygen atoms in total. The zero-order chi connectivity index (χ0) is 18.8. The molecule has 27 heavy (non-hydrogen) atoms. The molecule has 0 saturated carbocycles. The fourth-order valence-corrected chi connectivity index (χ4v) is 3.31. The van der Waals surface area contributed by atoms with Gasteiger partial charge in [-0.05, 0) is 43.3 Å². The monoisotopic (exact) mass is 360 g/mol. The maximum absolute atomic E-state index is 12.6. The van der Waals surface area contributed by atoms with Gasteiger partial charge in [-0.15, -0.1) is 0 Å². The summed E-state index contributed by atoms with van der Waals surface area (Å²) in [5, 5.41) is 3.80. The number of urea groups is 1. The average Bonchev–Trinajstić information content (AvgIpc) is 3.02. The van der Waals surface area contributed by atoms with E-state index in [0.717, 1.165) is 22.3 Å². The van der Waals surface area contributed by atoms with Crippen LogP contribution in [0, 0.1) is 6.92 Å². The number of anilines is 2. The van der Waals surface area contributed by atoms with E-state index in [9.17, 15) is 9.59 Å². The number of benzene rings is 2. The van der Waals surface area contributed by atoms with Gasteiger partial charge < -0.3 is 10.2 Å². The third-order valence-corrected chi connectivity index (χ3v) is 4.64. The van der Waals surface area contributed by atoms with Crippen molar-refractivity contribution in [1.29, 1.82) is 0 Å². The van der Waals surface area contributed by atoms with E-state index < -0.39 is 0 Å². The Kier molecular flexibility index (Phi) is 4.46. The fourth-order valence-electron chi connectivity index (χ4n) is 3.31. The van der Waals surface area contributed by atoms with E-state index in [1.54, 1.807) is 9.80 Å². The Bertz CT molecular complexity index is 1000. The molecule has 0 unspecified atom stereocenters. The van der Waals surface area contributed by atoms with Gasteiger partial charge in [0.2, 0.25) is 5.91 Å².